The van der Waals surface area contributed by atoms with Gasteiger partial charge in [0.25, 0.3) is 5.91 Å². The Balaban J connectivity index is 1.28. The first kappa shape index (κ1) is 22.1. The van der Waals surface area contributed by atoms with Crippen molar-refractivity contribution < 1.29 is 13.2 Å². The number of amides is 1. The van der Waals surface area contributed by atoms with Gasteiger partial charge in [0.15, 0.2) is 0 Å². The van der Waals surface area contributed by atoms with Gasteiger partial charge in [0.05, 0.1) is 4.90 Å². The molecule has 1 fully saturated rings. The quantitative estimate of drug-likeness (QED) is 0.389. The van der Waals surface area contributed by atoms with E-state index in [1.807, 2.05) is 36.4 Å². The molecule has 1 amide bonds. The Morgan fingerprint density at radius 2 is 1.61 bits per heavy atom. The molecule has 2 aromatic heterocycles. The first-order valence-corrected chi connectivity index (χ1v) is 13.2. The van der Waals surface area contributed by atoms with E-state index in [1.165, 1.54) is 15.6 Å². The SMILES string of the molecule is O=C(c1nnc(-c2ccncc2)s1)N1CCN(S(=O)(=O)c2ccc3cc(Br)ccc3c2)CC1. The lowest BCUT2D eigenvalue weighted by atomic mass is 10.1. The molecule has 0 aliphatic carbocycles. The predicted octanol–water partition coefficient (Wildman–Crippen LogP) is 3.66. The Morgan fingerprint density at radius 1 is 0.909 bits per heavy atom. The number of rotatable bonds is 4. The number of pyridine rings is 1. The summed E-state index contributed by atoms with van der Waals surface area (Å²) in [6, 6.07) is 14.5. The highest BCUT2D eigenvalue weighted by atomic mass is 79.9. The third-order valence-electron chi connectivity index (χ3n) is 5.47. The molecule has 0 bridgehead atoms. The summed E-state index contributed by atoms with van der Waals surface area (Å²) in [4.78, 5) is 18.8. The summed E-state index contributed by atoms with van der Waals surface area (Å²) in [6.45, 7) is 1.04. The molecule has 0 atom stereocenters. The van der Waals surface area contributed by atoms with Gasteiger partial charge in [0.1, 0.15) is 5.01 Å². The van der Waals surface area contributed by atoms with Crippen LogP contribution in [-0.2, 0) is 10.0 Å². The lowest BCUT2D eigenvalue weighted by Gasteiger charge is -2.33. The van der Waals surface area contributed by atoms with Gasteiger partial charge in [-0.3, -0.25) is 9.78 Å². The van der Waals surface area contributed by atoms with Crippen LogP contribution >= 0.6 is 27.3 Å². The molecule has 1 saturated heterocycles. The number of hydrogen-bond donors (Lipinski definition) is 0. The molecule has 0 spiro atoms. The van der Waals surface area contributed by atoms with E-state index in [0.29, 0.717) is 23.1 Å². The smallest absolute Gasteiger partial charge is 0.284 e. The van der Waals surface area contributed by atoms with Crippen molar-refractivity contribution in [3.05, 3.63) is 70.4 Å². The van der Waals surface area contributed by atoms with Crippen LogP contribution in [0.2, 0.25) is 0 Å². The Labute approximate surface area is 203 Å². The van der Waals surface area contributed by atoms with Crippen molar-refractivity contribution in [1.82, 2.24) is 24.4 Å². The number of aromatic nitrogens is 3. The van der Waals surface area contributed by atoms with Crippen molar-refractivity contribution in [1.29, 1.82) is 0 Å². The number of piperazine rings is 1. The van der Waals surface area contributed by atoms with E-state index >= 15 is 0 Å². The van der Waals surface area contributed by atoms with Crippen LogP contribution in [0.1, 0.15) is 9.80 Å². The highest BCUT2D eigenvalue weighted by molar-refractivity contribution is 9.10. The van der Waals surface area contributed by atoms with Crippen molar-refractivity contribution in [2.75, 3.05) is 26.2 Å². The van der Waals surface area contributed by atoms with E-state index in [9.17, 15) is 13.2 Å². The summed E-state index contributed by atoms with van der Waals surface area (Å²) in [5.41, 5.74) is 0.847. The van der Waals surface area contributed by atoms with Gasteiger partial charge in [-0.25, -0.2) is 8.42 Å². The standard InChI is InChI=1S/C22H18BrN5O3S2/c23-18-3-1-17-14-19(4-2-16(17)13-18)33(30,31)28-11-9-27(10-12-28)22(29)21-26-25-20(32-21)15-5-7-24-8-6-15/h1-8,13-14H,9-12H2. The normalized spacial score (nSPS) is 15.1. The second-order valence-electron chi connectivity index (χ2n) is 7.50. The van der Waals surface area contributed by atoms with Gasteiger partial charge >= 0.3 is 0 Å². The third-order valence-corrected chi connectivity index (χ3v) is 8.82. The maximum Gasteiger partial charge on any atom is 0.284 e. The first-order chi connectivity index (χ1) is 15.9. The van der Waals surface area contributed by atoms with E-state index in [-0.39, 0.29) is 23.9 Å². The number of fused-ring (bicyclic) bond motifs is 1. The van der Waals surface area contributed by atoms with Gasteiger partial charge in [-0.05, 0) is 47.2 Å². The average molecular weight is 544 g/mol. The van der Waals surface area contributed by atoms with E-state index in [4.69, 9.17) is 0 Å². The van der Waals surface area contributed by atoms with Gasteiger partial charge < -0.3 is 4.90 Å². The number of benzene rings is 2. The molecule has 11 heteroatoms. The number of carbonyl (C=O) groups excluding carboxylic acids is 1. The van der Waals surface area contributed by atoms with Crippen molar-refractivity contribution >= 4 is 54.0 Å². The van der Waals surface area contributed by atoms with E-state index in [2.05, 4.69) is 31.1 Å². The van der Waals surface area contributed by atoms with Crippen LogP contribution in [0.15, 0.2) is 70.3 Å². The Bertz CT molecular complexity index is 1430. The predicted molar refractivity (Wildman–Crippen MR) is 129 cm³/mol. The molecule has 8 nitrogen and oxygen atoms in total. The van der Waals surface area contributed by atoms with Crippen LogP contribution < -0.4 is 0 Å². The fourth-order valence-corrected chi connectivity index (χ4v) is 6.35. The molecule has 0 unspecified atom stereocenters. The van der Waals surface area contributed by atoms with Gasteiger partial charge in [-0.2, -0.15) is 4.31 Å². The van der Waals surface area contributed by atoms with Gasteiger partial charge in [0.2, 0.25) is 15.0 Å². The number of nitrogens with zero attached hydrogens (tertiary/aromatic N) is 5. The topological polar surface area (TPSA) is 96.4 Å². The molecule has 3 heterocycles. The zero-order chi connectivity index (χ0) is 23.0. The van der Waals surface area contributed by atoms with Crippen LogP contribution in [0.3, 0.4) is 0 Å². The molecule has 0 radical (unpaired) electrons. The Morgan fingerprint density at radius 3 is 2.36 bits per heavy atom. The molecule has 33 heavy (non-hydrogen) atoms. The largest absolute Gasteiger partial charge is 0.334 e. The molecule has 4 aromatic rings. The van der Waals surface area contributed by atoms with Gasteiger partial charge in [0, 0.05) is 48.6 Å². The molecule has 2 aromatic carbocycles. The van der Waals surface area contributed by atoms with Gasteiger partial charge in [-0.15, -0.1) is 10.2 Å². The molecule has 0 N–H and O–H groups in total. The fourth-order valence-electron chi connectivity index (χ4n) is 3.69. The lowest BCUT2D eigenvalue weighted by Crippen LogP contribution is -2.50. The van der Waals surface area contributed by atoms with Crippen LogP contribution in [-0.4, -0.2) is 64.9 Å². The summed E-state index contributed by atoms with van der Waals surface area (Å²) < 4.78 is 28.8. The zero-order valence-corrected chi connectivity index (χ0v) is 20.5. The van der Waals surface area contributed by atoms with Crippen LogP contribution in [0.25, 0.3) is 21.3 Å². The fraction of sp³-hybridized carbons (Fsp3) is 0.182. The van der Waals surface area contributed by atoms with Crippen molar-refractivity contribution in [3.8, 4) is 10.6 Å². The monoisotopic (exact) mass is 543 g/mol. The second kappa shape index (κ2) is 8.90. The minimum Gasteiger partial charge on any atom is -0.334 e. The number of hydrogen-bond acceptors (Lipinski definition) is 7. The summed E-state index contributed by atoms with van der Waals surface area (Å²) >= 11 is 4.65. The van der Waals surface area contributed by atoms with Crippen molar-refractivity contribution in [3.63, 3.8) is 0 Å². The average Bonchev–Trinajstić information content (AvgIpc) is 3.34. The van der Waals surface area contributed by atoms with Crippen LogP contribution in [0, 0.1) is 0 Å². The summed E-state index contributed by atoms with van der Waals surface area (Å²) in [7, 11) is -3.66. The molecular formula is C22H18BrN5O3S2. The maximum absolute atomic E-state index is 13.2. The van der Waals surface area contributed by atoms with Gasteiger partial charge in [-0.1, -0.05) is 39.4 Å². The van der Waals surface area contributed by atoms with Crippen molar-refractivity contribution in [2.45, 2.75) is 4.90 Å². The summed E-state index contributed by atoms with van der Waals surface area (Å²) in [5, 5.41) is 10.9. The molecule has 168 valence electrons. The number of halogens is 1. The highest BCUT2D eigenvalue weighted by Gasteiger charge is 2.31. The zero-order valence-electron chi connectivity index (χ0n) is 17.3. The highest BCUT2D eigenvalue weighted by Crippen LogP contribution is 2.26. The molecular weight excluding hydrogens is 526 g/mol. The first-order valence-electron chi connectivity index (χ1n) is 10.1. The lowest BCUT2D eigenvalue weighted by molar-refractivity contribution is 0.0696. The summed E-state index contributed by atoms with van der Waals surface area (Å²) in [6.07, 6.45) is 3.32. The minimum absolute atomic E-state index is 0.225. The molecule has 5 rings (SSSR count). The second-order valence-corrected chi connectivity index (χ2v) is 11.3. The van der Waals surface area contributed by atoms with Crippen LogP contribution in [0.5, 0.6) is 0 Å². The molecule has 1 aliphatic heterocycles. The number of carbonyl (C=O) groups is 1. The maximum atomic E-state index is 13.2. The third kappa shape index (κ3) is 4.41. The number of sulfonamides is 1. The van der Waals surface area contributed by atoms with Crippen LogP contribution in [0.4, 0.5) is 0 Å². The van der Waals surface area contributed by atoms with E-state index in [1.54, 1.807) is 29.4 Å². The minimum atomic E-state index is -3.66. The Hall–Kier alpha value is -2.73. The summed E-state index contributed by atoms with van der Waals surface area (Å²) in [5.74, 6) is -0.235. The Kier molecular flexibility index (Phi) is 5.95. The van der Waals surface area contributed by atoms with E-state index in [0.717, 1.165) is 20.8 Å². The molecule has 1 aliphatic rings. The van der Waals surface area contributed by atoms with E-state index < -0.39 is 10.0 Å². The molecule has 0 saturated carbocycles. The van der Waals surface area contributed by atoms with Crippen molar-refractivity contribution in [2.24, 2.45) is 0 Å².